The van der Waals surface area contributed by atoms with Gasteiger partial charge in [0.25, 0.3) is 0 Å². The van der Waals surface area contributed by atoms with Gasteiger partial charge in [-0.3, -0.25) is 4.79 Å². The molecule has 2 atom stereocenters. The van der Waals surface area contributed by atoms with E-state index < -0.39 is 6.10 Å². The molecule has 2 aliphatic rings. The van der Waals surface area contributed by atoms with Crippen molar-refractivity contribution in [2.24, 2.45) is 0 Å². The molecule has 8 heteroatoms. The minimum absolute atomic E-state index is 0.116. The van der Waals surface area contributed by atoms with Crippen LogP contribution in [0.3, 0.4) is 0 Å². The molecule has 122 valence electrons. The first kappa shape index (κ1) is 15.6. The van der Waals surface area contributed by atoms with E-state index in [1.807, 2.05) is 4.90 Å². The van der Waals surface area contributed by atoms with Crippen molar-refractivity contribution in [3.8, 4) is 0 Å². The molecule has 1 amide bonds. The second kappa shape index (κ2) is 6.89. The molecule has 1 aromatic heterocycles. The molecule has 1 aromatic rings. The number of carbonyl (C=O) groups excluding carboxylic acids is 1. The Morgan fingerprint density at radius 2 is 2.27 bits per heavy atom. The van der Waals surface area contributed by atoms with Gasteiger partial charge in [0.2, 0.25) is 11.0 Å². The summed E-state index contributed by atoms with van der Waals surface area (Å²) in [6.45, 7) is 5.73. The summed E-state index contributed by atoms with van der Waals surface area (Å²) in [7, 11) is 0. The lowest BCUT2D eigenvalue weighted by atomic mass is 10.2. The molecule has 7 nitrogen and oxygen atoms in total. The third kappa shape index (κ3) is 3.39. The Kier molecular flexibility index (Phi) is 4.90. The fourth-order valence-electron chi connectivity index (χ4n) is 2.97. The average Bonchev–Trinajstić information content (AvgIpc) is 3.10. The molecule has 0 spiro atoms. The summed E-state index contributed by atoms with van der Waals surface area (Å²) < 4.78 is 4.34. The van der Waals surface area contributed by atoms with E-state index in [0.717, 1.165) is 43.4 Å². The van der Waals surface area contributed by atoms with Gasteiger partial charge in [0.1, 0.15) is 5.82 Å². The standard InChI is InChI=1S/C14H23N5O2S/c1-2-12-16-14(22-17-12)19-5-3-4-18(6-7-19)13(21)11-8-10(20)9-15-11/h10-11,15,20H,2-9H2,1H3/t10-,11+/m0/s1. The van der Waals surface area contributed by atoms with Gasteiger partial charge in [-0.1, -0.05) is 6.92 Å². The number of amides is 1. The van der Waals surface area contributed by atoms with Crippen molar-refractivity contribution in [2.75, 3.05) is 37.6 Å². The van der Waals surface area contributed by atoms with Gasteiger partial charge in [-0.25, -0.2) is 4.98 Å². The smallest absolute Gasteiger partial charge is 0.239 e. The van der Waals surface area contributed by atoms with Crippen LogP contribution in [0.5, 0.6) is 0 Å². The third-order valence-corrected chi connectivity index (χ3v) is 5.07. The van der Waals surface area contributed by atoms with Crippen molar-refractivity contribution in [3.63, 3.8) is 0 Å². The Bertz CT molecular complexity index is 523. The molecule has 2 saturated heterocycles. The van der Waals surface area contributed by atoms with Crippen LogP contribution in [0.25, 0.3) is 0 Å². The number of rotatable bonds is 3. The molecule has 0 unspecified atom stereocenters. The molecule has 0 bridgehead atoms. The molecular weight excluding hydrogens is 302 g/mol. The normalized spacial score (nSPS) is 26.3. The minimum Gasteiger partial charge on any atom is -0.392 e. The van der Waals surface area contributed by atoms with E-state index in [0.29, 0.717) is 19.5 Å². The number of aliphatic hydroxyl groups excluding tert-OH is 1. The van der Waals surface area contributed by atoms with E-state index in [1.165, 1.54) is 11.5 Å². The summed E-state index contributed by atoms with van der Waals surface area (Å²) in [6.07, 6.45) is 1.91. The predicted molar refractivity (Wildman–Crippen MR) is 85.1 cm³/mol. The molecular formula is C14H23N5O2S. The SMILES string of the molecule is CCc1nsc(N2CCCN(C(=O)[C@H]3C[C@H](O)CN3)CC2)n1. The summed E-state index contributed by atoms with van der Waals surface area (Å²) in [5.41, 5.74) is 0. The number of aromatic nitrogens is 2. The Hall–Kier alpha value is -1.25. The van der Waals surface area contributed by atoms with E-state index in [1.54, 1.807) is 0 Å². The Balaban J connectivity index is 1.58. The molecule has 0 radical (unpaired) electrons. The second-order valence-electron chi connectivity index (χ2n) is 5.86. The molecule has 2 N–H and O–H groups in total. The van der Waals surface area contributed by atoms with E-state index in [9.17, 15) is 9.90 Å². The highest BCUT2D eigenvalue weighted by molar-refractivity contribution is 7.09. The first-order chi connectivity index (χ1) is 10.7. The highest BCUT2D eigenvalue weighted by atomic mass is 32.1. The van der Waals surface area contributed by atoms with Crippen molar-refractivity contribution in [1.29, 1.82) is 0 Å². The van der Waals surface area contributed by atoms with Crippen LogP contribution in [0.15, 0.2) is 0 Å². The maximum Gasteiger partial charge on any atom is 0.239 e. The van der Waals surface area contributed by atoms with Gasteiger partial charge >= 0.3 is 0 Å². The Morgan fingerprint density at radius 3 is 2.95 bits per heavy atom. The molecule has 0 saturated carbocycles. The van der Waals surface area contributed by atoms with E-state index in [4.69, 9.17) is 0 Å². The van der Waals surface area contributed by atoms with Crippen LogP contribution in [0.1, 0.15) is 25.6 Å². The van der Waals surface area contributed by atoms with Crippen LogP contribution in [0, 0.1) is 0 Å². The number of aliphatic hydroxyl groups is 1. The number of nitrogens with zero attached hydrogens (tertiary/aromatic N) is 4. The molecule has 0 aromatic carbocycles. The average molecular weight is 325 g/mol. The molecule has 2 fully saturated rings. The summed E-state index contributed by atoms with van der Waals surface area (Å²) in [5.74, 6) is 1.01. The minimum atomic E-state index is -0.397. The van der Waals surface area contributed by atoms with Crippen molar-refractivity contribution in [2.45, 2.75) is 38.3 Å². The van der Waals surface area contributed by atoms with Gasteiger partial charge in [0.05, 0.1) is 12.1 Å². The van der Waals surface area contributed by atoms with Crippen molar-refractivity contribution in [1.82, 2.24) is 19.6 Å². The molecule has 3 heterocycles. The number of hydrogen-bond acceptors (Lipinski definition) is 7. The van der Waals surface area contributed by atoms with Crippen LogP contribution in [-0.4, -0.2) is 70.1 Å². The maximum atomic E-state index is 12.5. The quantitative estimate of drug-likeness (QED) is 0.805. The van der Waals surface area contributed by atoms with Crippen molar-refractivity contribution in [3.05, 3.63) is 5.82 Å². The Labute approximate surface area is 134 Å². The van der Waals surface area contributed by atoms with Crippen LogP contribution in [-0.2, 0) is 11.2 Å². The van der Waals surface area contributed by atoms with Gasteiger partial charge in [-0.15, -0.1) is 0 Å². The summed E-state index contributed by atoms with van der Waals surface area (Å²) in [5, 5.41) is 13.6. The predicted octanol–water partition coefficient (Wildman–Crippen LogP) is -0.138. The van der Waals surface area contributed by atoms with E-state index in [-0.39, 0.29) is 11.9 Å². The van der Waals surface area contributed by atoms with Gasteiger partial charge in [-0.2, -0.15) is 4.37 Å². The Morgan fingerprint density at radius 1 is 1.41 bits per heavy atom. The zero-order valence-electron chi connectivity index (χ0n) is 12.9. The molecule has 2 aliphatic heterocycles. The number of hydrogen-bond donors (Lipinski definition) is 2. The third-order valence-electron chi connectivity index (χ3n) is 4.26. The molecule has 0 aliphatic carbocycles. The van der Waals surface area contributed by atoms with Gasteiger partial charge in [0, 0.05) is 50.7 Å². The second-order valence-corrected chi connectivity index (χ2v) is 6.59. The van der Waals surface area contributed by atoms with Gasteiger partial charge in [0.15, 0.2) is 0 Å². The zero-order valence-corrected chi connectivity index (χ0v) is 13.7. The topological polar surface area (TPSA) is 81.6 Å². The number of β-amino-alcohol motifs (C(OH)–C–C–N with tert-alkyl or cyclic N) is 1. The first-order valence-electron chi connectivity index (χ1n) is 7.95. The fraction of sp³-hybridized carbons (Fsp3) is 0.786. The zero-order chi connectivity index (χ0) is 15.5. The summed E-state index contributed by atoms with van der Waals surface area (Å²) in [6, 6.07) is -0.227. The van der Waals surface area contributed by atoms with E-state index in [2.05, 4.69) is 26.5 Å². The number of aryl methyl sites for hydroxylation is 1. The molecule has 22 heavy (non-hydrogen) atoms. The summed E-state index contributed by atoms with van der Waals surface area (Å²) in [4.78, 5) is 21.2. The largest absolute Gasteiger partial charge is 0.392 e. The van der Waals surface area contributed by atoms with Gasteiger partial charge < -0.3 is 20.2 Å². The monoisotopic (exact) mass is 325 g/mol. The van der Waals surface area contributed by atoms with Gasteiger partial charge in [-0.05, 0) is 12.8 Å². The lowest BCUT2D eigenvalue weighted by molar-refractivity contribution is -0.133. The highest BCUT2D eigenvalue weighted by Crippen LogP contribution is 2.20. The van der Waals surface area contributed by atoms with Crippen molar-refractivity contribution >= 4 is 22.6 Å². The molecule has 3 rings (SSSR count). The highest BCUT2D eigenvalue weighted by Gasteiger charge is 2.32. The van der Waals surface area contributed by atoms with Crippen molar-refractivity contribution < 1.29 is 9.90 Å². The van der Waals surface area contributed by atoms with Crippen LogP contribution < -0.4 is 10.2 Å². The van der Waals surface area contributed by atoms with Crippen LogP contribution >= 0.6 is 11.5 Å². The van der Waals surface area contributed by atoms with E-state index >= 15 is 0 Å². The number of carbonyl (C=O) groups is 1. The summed E-state index contributed by atoms with van der Waals surface area (Å²) >= 11 is 1.44. The maximum absolute atomic E-state index is 12.5. The lowest BCUT2D eigenvalue weighted by Crippen LogP contribution is -2.45. The number of anilines is 1. The fourth-order valence-corrected chi connectivity index (χ4v) is 3.77. The number of nitrogens with one attached hydrogen (secondary N) is 1. The van der Waals surface area contributed by atoms with Crippen LogP contribution in [0.4, 0.5) is 5.13 Å². The first-order valence-corrected chi connectivity index (χ1v) is 8.72. The lowest BCUT2D eigenvalue weighted by Gasteiger charge is -2.24. The van der Waals surface area contributed by atoms with Crippen LogP contribution in [0.2, 0.25) is 0 Å².